The van der Waals surface area contributed by atoms with Crippen molar-refractivity contribution in [2.45, 2.75) is 18.0 Å². The molecule has 0 aromatic rings. The second-order valence-electron chi connectivity index (χ2n) is 3.53. The Morgan fingerprint density at radius 1 is 1.67 bits per heavy atom. The van der Waals surface area contributed by atoms with Crippen LogP contribution >= 0.6 is 0 Å². The lowest BCUT2D eigenvalue weighted by molar-refractivity contribution is 0.133. The average Bonchev–Trinajstić information content (AvgIpc) is 2.35. The van der Waals surface area contributed by atoms with Gasteiger partial charge in [0.15, 0.2) is 0 Å². The highest BCUT2D eigenvalue weighted by Gasteiger charge is 2.70. The topological polar surface area (TPSA) is 41.3 Å². The van der Waals surface area contributed by atoms with Gasteiger partial charge in [-0.2, -0.15) is 0 Å². The molecule has 0 bridgehead atoms. The molecule has 0 radical (unpaired) electrons. The van der Waals surface area contributed by atoms with Gasteiger partial charge < -0.3 is 5.32 Å². The van der Waals surface area contributed by atoms with Gasteiger partial charge in [0.1, 0.15) is 0 Å². The van der Waals surface area contributed by atoms with Crippen LogP contribution in [-0.2, 0) is 0 Å². The number of rotatable bonds is 0. The van der Waals surface area contributed by atoms with E-state index in [0.717, 1.165) is 19.0 Å². The van der Waals surface area contributed by atoms with Crippen LogP contribution in [0.3, 0.4) is 0 Å². The maximum Gasteiger partial charge on any atom is 0.0551 e. The Bertz CT molecular complexity index is 166. The summed E-state index contributed by atoms with van der Waals surface area (Å²) >= 11 is 0. The minimum absolute atomic E-state index is 0.523. The Morgan fingerprint density at radius 2 is 2.56 bits per heavy atom. The number of hydrogen-bond donors (Lipinski definition) is 2. The molecular weight excluding hydrogens is 114 g/mol. The van der Waals surface area contributed by atoms with Gasteiger partial charge in [0, 0.05) is 18.6 Å². The summed E-state index contributed by atoms with van der Waals surface area (Å²) in [7, 11) is 0. The molecule has 3 nitrogen and oxygen atoms in total. The summed E-state index contributed by atoms with van der Waals surface area (Å²) in [5.74, 6) is 6.62. The highest BCUT2D eigenvalue weighted by atomic mass is 15.5. The van der Waals surface area contributed by atoms with Crippen molar-refractivity contribution in [2.75, 3.05) is 13.1 Å². The first-order valence-corrected chi connectivity index (χ1v) is 3.59. The van der Waals surface area contributed by atoms with Crippen molar-refractivity contribution in [3.8, 4) is 0 Å². The fourth-order valence-electron chi connectivity index (χ4n) is 2.45. The smallest absolute Gasteiger partial charge is 0.0551 e. The molecule has 2 aliphatic heterocycles. The van der Waals surface area contributed by atoms with Crippen LogP contribution in [0.2, 0.25) is 0 Å². The molecule has 3 unspecified atom stereocenters. The van der Waals surface area contributed by atoms with E-state index in [-0.39, 0.29) is 0 Å². The zero-order valence-electron chi connectivity index (χ0n) is 5.30. The third-order valence-electron chi connectivity index (χ3n) is 3.20. The van der Waals surface area contributed by atoms with Gasteiger partial charge in [0.2, 0.25) is 0 Å². The summed E-state index contributed by atoms with van der Waals surface area (Å²) in [6, 6.07) is 0.683. The third-order valence-corrected chi connectivity index (χ3v) is 3.20. The second-order valence-corrected chi connectivity index (χ2v) is 3.53. The molecule has 3 atom stereocenters. The highest BCUT2D eigenvalue weighted by Crippen LogP contribution is 2.56. The van der Waals surface area contributed by atoms with Crippen molar-refractivity contribution in [3.05, 3.63) is 0 Å². The first-order chi connectivity index (χ1) is 4.33. The quantitative estimate of drug-likeness (QED) is 0.404. The molecule has 1 spiro atoms. The molecular formula is C6H11N3. The van der Waals surface area contributed by atoms with Crippen molar-refractivity contribution in [2.24, 2.45) is 11.8 Å². The standard InChI is InChI=1S/C6H11N3/c7-9-3-4-1-6(4)5(9)2-8-6/h4-5,8H,1-3,7H2. The molecule has 3 aliphatic rings. The Kier molecular flexibility index (Phi) is 0.542. The van der Waals surface area contributed by atoms with Crippen molar-refractivity contribution < 1.29 is 0 Å². The number of hydrogen-bond acceptors (Lipinski definition) is 3. The molecule has 2 heterocycles. The van der Waals surface area contributed by atoms with E-state index in [1.807, 2.05) is 5.01 Å². The minimum atomic E-state index is 0.523. The molecule has 2 saturated heterocycles. The van der Waals surface area contributed by atoms with Crippen molar-refractivity contribution >= 4 is 0 Å². The number of piperidine rings is 1. The number of nitrogens with one attached hydrogen (secondary N) is 1. The Morgan fingerprint density at radius 3 is 2.89 bits per heavy atom. The van der Waals surface area contributed by atoms with Crippen LogP contribution in [0.1, 0.15) is 6.42 Å². The fraction of sp³-hybridized carbons (Fsp3) is 1.00. The van der Waals surface area contributed by atoms with Crippen molar-refractivity contribution in [1.29, 1.82) is 0 Å². The van der Waals surface area contributed by atoms with Gasteiger partial charge in [-0.05, 0) is 12.3 Å². The van der Waals surface area contributed by atoms with Crippen LogP contribution in [0, 0.1) is 5.92 Å². The number of hydrazine groups is 1. The summed E-state index contributed by atoms with van der Waals surface area (Å²) in [6.45, 7) is 2.24. The fourth-order valence-corrected chi connectivity index (χ4v) is 2.45. The first-order valence-electron chi connectivity index (χ1n) is 3.59. The minimum Gasteiger partial charge on any atom is -0.308 e. The van der Waals surface area contributed by atoms with Crippen LogP contribution in [0.4, 0.5) is 0 Å². The normalized spacial score (nSPS) is 62.3. The molecule has 50 valence electrons. The van der Waals surface area contributed by atoms with Gasteiger partial charge in [-0.1, -0.05) is 0 Å². The summed E-state index contributed by atoms with van der Waals surface area (Å²) in [5, 5.41) is 5.47. The van der Waals surface area contributed by atoms with Crippen molar-refractivity contribution in [1.82, 2.24) is 10.3 Å². The first kappa shape index (κ1) is 4.66. The maximum atomic E-state index is 5.73. The second kappa shape index (κ2) is 1.05. The van der Waals surface area contributed by atoms with E-state index in [1.54, 1.807) is 0 Å². The highest BCUT2D eigenvalue weighted by molar-refractivity contribution is 5.28. The molecule has 3 heteroatoms. The van der Waals surface area contributed by atoms with Gasteiger partial charge in [-0.3, -0.25) is 5.84 Å². The van der Waals surface area contributed by atoms with Gasteiger partial charge in [-0.25, -0.2) is 5.01 Å². The Labute approximate surface area is 54.2 Å². The maximum absolute atomic E-state index is 5.73. The zero-order chi connectivity index (χ0) is 6.06. The lowest BCUT2D eigenvalue weighted by atomic mass is 9.98. The Hall–Kier alpha value is -0.120. The molecule has 9 heavy (non-hydrogen) atoms. The van der Waals surface area contributed by atoms with Crippen LogP contribution in [0.25, 0.3) is 0 Å². The molecule has 3 N–H and O–H groups in total. The van der Waals surface area contributed by atoms with Crippen LogP contribution < -0.4 is 11.2 Å². The molecule has 1 aliphatic carbocycles. The van der Waals surface area contributed by atoms with Crippen molar-refractivity contribution in [3.63, 3.8) is 0 Å². The van der Waals surface area contributed by atoms with Crippen LogP contribution in [0.15, 0.2) is 0 Å². The van der Waals surface area contributed by atoms with E-state index in [9.17, 15) is 0 Å². The van der Waals surface area contributed by atoms with E-state index in [2.05, 4.69) is 5.32 Å². The van der Waals surface area contributed by atoms with E-state index < -0.39 is 0 Å². The lowest BCUT2D eigenvalue weighted by Gasteiger charge is -2.39. The van der Waals surface area contributed by atoms with Crippen LogP contribution in [0.5, 0.6) is 0 Å². The number of nitrogens with zero attached hydrogens (tertiary/aromatic N) is 1. The monoisotopic (exact) mass is 125 g/mol. The largest absolute Gasteiger partial charge is 0.308 e. The van der Waals surface area contributed by atoms with Gasteiger partial charge in [-0.15, -0.1) is 0 Å². The van der Waals surface area contributed by atoms with E-state index in [4.69, 9.17) is 5.84 Å². The summed E-state index contributed by atoms with van der Waals surface area (Å²) in [4.78, 5) is 0. The summed E-state index contributed by atoms with van der Waals surface area (Å²) < 4.78 is 0. The SMILES string of the molecule is NN1CC2CC23NCC13. The van der Waals surface area contributed by atoms with E-state index >= 15 is 0 Å². The molecule has 0 aromatic heterocycles. The third kappa shape index (κ3) is 0.327. The lowest BCUT2D eigenvalue weighted by Crippen LogP contribution is -2.65. The molecule has 3 fully saturated rings. The predicted molar refractivity (Wildman–Crippen MR) is 33.5 cm³/mol. The predicted octanol–water partition coefficient (Wildman–Crippen LogP) is -1.09. The zero-order valence-corrected chi connectivity index (χ0v) is 5.30. The molecule has 1 saturated carbocycles. The molecule has 3 rings (SSSR count). The Balaban J connectivity index is 1.97. The summed E-state index contributed by atoms with van der Waals surface area (Å²) in [5.41, 5.74) is 0.523. The average molecular weight is 125 g/mol. The van der Waals surface area contributed by atoms with E-state index in [0.29, 0.717) is 11.6 Å². The molecule has 0 aromatic carbocycles. The van der Waals surface area contributed by atoms with E-state index in [1.165, 1.54) is 6.42 Å². The molecule has 0 amide bonds. The van der Waals surface area contributed by atoms with Crippen LogP contribution in [-0.4, -0.2) is 29.7 Å². The number of nitrogens with two attached hydrogens (primary N) is 1. The van der Waals surface area contributed by atoms with Gasteiger partial charge in [0.25, 0.3) is 0 Å². The van der Waals surface area contributed by atoms with Gasteiger partial charge >= 0.3 is 0 Å². The summed E-state index contributed by atoms with van der Waals surface area (Å²) in [6.07, 6.45) is 1.38. The van der Waals surface area contributed by atoms with Gasteiger partial charge in [0.05, 0.1) is 6.04 Å².